The van der Waals surface area contributed by atoms with E-state index in [0.717, 1.165) is 0 Å². The first-order valence-electron chi connectivity index (χ1n) is 4.63. The van der Waals surface area contributed by atoms with E-state index in [-0.39, 0.29) is 9.92 Å². The van der Waals surface area contributed by atoms with Crippen LogP contribution in [0, 0.1) is 0 Å². The molecule has 0 amide bonds. The smallest absolute Gasteiger partial charge is 0.183 e. The molecule has 1 N–H and O–H groups in total. The number of hydrogen-bond acceptors (Lipinski definition) is 3. The van der Waals surface area contributed by atoms with Crippen molar-refractivity contribution in [1.82, 2.24) is 5.32 Å². The summed E-state index contributed by atoms with van der Waals surface area (Å²) in [6, 6.07) is 6.50. The largest absolute Gasteiger partial charge is 0.318 e. The maximum atomic E-state index is 12.0. The van der Waals surface area contributed by atoms with E-state index in [0.29, 0.717) is 6.54 Å². The molecule has 0 radical (unpaired) electrons. The molecule has 0 saturated heterocycles. The Labute approximate surface area is 95.4 Å². The third kappa shape index (κ3) is 2.71. The van der Waals surface area contributed by atoms with Gasteiger partial charge in [0, 0.05) is 6.54 Å². The molecule has 0 aliphatic carbocycles. The average molecular weight is 248 g/mol. The van der Waals surface area contributed by atoms with Crippen molar-refractivity contribution in [1.29, 1.82) is 0 Å². The second kappa shape index (κ2) is 4.96. The first kappa shape index (κ1) is 12.5. The zero-order valence-electron chi connectivity index (χ0n) is 8.70. The summed E-state index contributed by atoms with van der Waals surface area (Å²) in [6.45, 7) is 2.07. The summed E-state index contributed by atoms with van der Waals surface area (Å²) < 4.78 is 24.0. The number of halogens is 1. The van der Waals surface area contributed by atoms with E-state index in [2.05, 4.69) is 5.32 Å². The van der Waals surface area contributed by atoms with Crippen LogP contribution in [-0.2, 0) is 9.84 Å². The molecule has 0 saturated carbocycles. The third-order valence-electron chi connectivity index (χ3n) is 2.16. The fraction of sp³-hybridized carbons (Fsp3) is 0.400. The summed E-state index contributed by atoms with van der Waals surface area (Å²) in [5.41, 5.74) is 0. The van der Waals surface area contributed by atoms with Gasteiger partial charge in [-0.25, -0.2) is 8.42 Å². The van der Waals surface area contributed by atoms with Gasteiger partial charge in [-0.2, -0.15) is 0 Å². The first-order chi connectivity index (χ1) is 7.00. The molecule has 0 heterocycles. The molecule has 3 nitrogen and oxygen atoms in total. The lowest BCUT2D eigenvalue weighted by atomic mass is 10.4. The van der Waals surface area contributed by atoms with E-state index in [1.807, 2.05) is 0 Å². The standard InChI is InChI=1S/C10H14ClNO2S/c1-8(7-12-2)15(13,14)10-6-4-3-5-9(10)11/h3-6,8,12H,7H2,1-2H3. The van der Waals surface area contributed by atoms with Crippen LogP contribution in [0.2, 0.25) is 5.02 Å². The van der Waals surface area contributed by atoms with Crippen molar-refractivity contribution in [3.8, 4) is 0 Å². The fourth-order valence-electron chi connectivity index (χ4n) is 1.29. The van der Waals surface area contributed by atoms with E-state index < -0.39 is 15.1 Å². The van der Waals surface area contributed by atoms with E-state index in [4.69, 9.17) is 11.6 Å². The lowest BCUT2D eigenvalue weighted by Crippen LogP contribution is -2.29. The van der Waals surface area contributed by atoms with Crippen LogP contribution in [-0.4, -0.2) is 27.3 Å². The second-order valence-corrected chi connectivity index (χ2v) is 6.09. The van der Waals surface area contributed by atoms with Crippen LogP contribution in [0.1, 0.15) is 6.92 Å². The molecular formula is C10H14ClNO2S. The predicted octanol–water partition coefficient (Wildman–Crippen LogP) is 1.72. The minimum absolute atomic E-state index is 0.203. The molecule has 1 unspecified atom stereocenters. The van der Waals surface area contributed by atoms with Gasteiger partial charge in [-0.3, -0.25) is 0 Å². The fourth-order valence-corrected chi connectivity index (χ4v) is 3.18. The lowest BCUT2D eigenvalue weighted by molar-refractivity contribution is 0.578. The molecule has 1 aromatic carbocycles. The van der Waals surface area contributed by atoms with Crippen molar-refractivity contribution in [2.24, 2.45) is 0 Å². The van der Waals surface area contributed by atoms with Gasteiger partial charge in [-0.15, -0.1) is 0 Å². The van der Waals surface area contributed by atoms with Crippen LogP contribution < -0.4 is 5.32 Å². The number of benzene rings is 1. The molecule has 5 heteroatoms. The van der Waals surface area contributed by atoms with Gasteiger partial charge in [0.25, 0.3) is 0 Å². The first-order valence-corrected chi connectivity index (χ1v) is 6.55. The van der Waals surface area contributed by atoms with Crippen molar-refractivity contribution >= 4 is 21.4 Å². The Bertz CT molecular complexity index is 431. The molecule has 0 aliphatic heterocycles. The van der Waals surface area contributed by atoms with Crippen LogP contribution in [0.15, 0.2) is 29.2 Å². The van der Waals surface area contributed by atoms with Crippen LogP contribution >= 0.6 is 11.6 Å². The Hall–Kier alpha value is -0.580. The van der Waals surface area contributed by atoms with Crippen molar-refractivity contribution < 1.29 is 8.42 Å². The van der Waals surface area contributed by atoms with Crippen LogP contribution in [0.3, 0.4) is 0 Å². The highest BCUT2D eigenvalue weighted by atomic mass is 35.5. The summed E-state index contributed by atoms with van der Waals surface area (Å²) in [4.78, 5) is 0.203. The van der Waals surface area contributed by atoms with Crippen molar-refractivity contribution in [2.45, 2.75) is 17.1 Å². The summed E-state index contributed by atoms with van der Waals surface area (Å²) in [6.07, 6.45) is 0. The van der Waals surface area contributed by atoms with Gasteiger partial charge in [-0.1, -0.05) is 23.7 Å². The molecule has 0 bridgehead atoms. The number of rotatable bonds is 4. The quantitative estimate of drug-likeness (QED) is 0.881. The summed E-state index contributed by atoms with van der Waals surface area (Å²) in [5.74, 6) is 0. The zero-order valence-corrected chi connectivity index (χ0v) is 10.3. The van der Waals surface area contributed by atoms with E-state index in [1.54, 1.807) is 32.2 Å². The molecule has 1 atom stereocenters. The number of sulfone groups is 1. The van der Waals surface area contributed by atoms with Crippen molar-refractivity contribution in [2.75, 3.05) is 13.6 Å². The zero-order chi connectivity index (χ0) is 11.5. The minimum atomic E-state index is -3.33. The Morgan fingerprint density at radius 1 is 1.40 bits per heavy atom. The minimum Gasteiger partial charge on any atom is -0.318 e. The van der Waals surface area contributed by atoms with Crippen molar-refractivity contribution in [3.05, 3.63) is 29.3 Å². The molecule has 15 heavy (non-hydrogen) atoms. The van der Waals surface area contributed by atoms with Gasteiger partial charge in [0.05, 0.1) is 15.2 Å². The molecule has 0 spiro atoms. The highest BCUT2D eigenvalue weighted by molar-refractivity contribution is 7.92. The van der Waals surface area contributed by atoms with Crippen LogP contribution in [0.25, 0.3) is 0 Å². The Kier molecular flexibility index (Phi) is 4.13. The van der Waals surface area contributed by atoms with Crippen molar-refractivity contribution in [3.63, 3.8) is 0 Å². The van der Waals surface area contributed by atoms with Gasteiger partial charge in [0.15, 0.2) is 9.84 Å². The SMILES string of the molecule is CNCC(C)S(=O)(=O)c1ccccc1Cl. The van der Waals surface area contributed by atoms with Gasteiger partial charge in [-0.05, 0) is 26.1 Å². The molecule has 1 rings (SSSR count). The monoisotopic (exact) mass is 247 g/mol. The maximum absolute atomic E-state index is 12.0. The summed E-state index contributed by atoms with van der Waals surface area (Å²) >= 11 is 5.85. The highest BCUT2D eigenvalue weighted by Crippen LogP contribution is 2.24. The van der Waals surface area contributed by atoms with Gasteiger partial charge in [0.1, 0.15) is 0 Å². The van der Waals surface area contributed by atoms with E-state index in [9.17, 15) is 8.42 Å². The molecular weight excluding hydrogens is 234 g/mol. The Morgan fingerprint density at radius 2 is 2.00 bits per heavy atom. The van der Waals surface area contributed by atoms with Gasteiger partial charge < -0.3 is 5.32 Å². The van der Waals surface area contributed by atoms with Gasteiger partial charge >= 0.3 is 0 Å². The van der Waals surface area contributed by atoms with Gasteiger partial charge in [0.2, 0.25) is 0 Å². The summed E-state index contributed by atoms with van der Waals surface area (Å²) in [7, 11) is -1.61. The third-order valence-corrected chi connectivity index (χ3v) is 4.80. The Balaban J connectivity index is 3.12. The normalized spacial score (nSPS) is 13.8. The molecule has 84 valence electrons. The summed E-state index contributed by atoms with van der Waals surface area (Å²) in [5, 5.41) is 2.63. The second-order valence-electron chi connectivity index (χ2n) is 3.34. The highest BCUT2D eigenvalue weighted by Gasteiger charge is 2.24. The molecule has 1 aromatic rings. The van der Waals surface area contributed by atoms with Crippen LogP contribution in [0.4, 0.5) is 0 Å². The molecule has 0 aliphatic rings. The topological polar surface area (TPSA) is 46.2 Å². The van der Waals surface area contributed by atoms with Crippen LogP contribution in [0.5, 0.6) is 0 Å². The molecule has 0 aromatic heterocycles. The average Bonchev–Trinajstić information content (AvgIpc) is 2.18. The van der Waals surface area contributed by atoms with E-state index in [1.165, 1.54) is 6.07 Å². The van der Waals surface area contributed by atoms with E-state index >= 15 is 0 Å². The maximum Gasteiger partial charge on any atom is 0.183 e. The molecule has 0 fully saturated rings. The number of hydrogen-bond donors (Lipinski definition) is 1. The number of nitrogens with one attached hydrogen (secondary N) is 1. The predicted molar refractivity (Wildman–Crippen MR) is 62.0 cm³/mol. The Morgan fingerprint density at radius 3 is 2.53 bits per heavy atom. The lowest BCUT2D eigenvalue weighted by Gasteiger charge is -2.13.